The average molecular weight is 548 g/mol. The molecular formula is C26H41N7O6. The van der Waals surface area contributed by atoms with E-state index in [1.807, 2.05) is 30.3 Å². The minimum Gasteiger partial charge on any atom is -0.394 e. The van der Waals surface area contributed by atoms with Crippen LogP contribution in [0.2, 0.25) is 0 Å². The number of hydrogen-bond donors (Lipinski definition) is 7. The van der Waals surface area contributed by atoms with E-state index in [-0.39, 0.29) is 31.1 Å². The number of nitrogens with two attached hydrogens (primary N) is 2. The van der Waals surface area contributed by atoms with Crippen molar-refractivity contribution in [1.82, 2.24) is 21.3 Å². The Hall–Kier alpha value is -4.00. The molecule has 216 valence electrons. The van der Waals surface area contributed by atoms with Crippen molar-refractivity contribution in [2.24, 2.45) is 22.4 Å². The zero-order chi connectivity index (χ0) is 29.5. The van der Waals surface area contributed by atoms with Gasteiger partial charge in [-0.25, -0.2) is 0 Å². The van der Waals surface area contributed by atoms with Crippen LogP contribution in [0.5, 0.6) is 0 Å². The molecule has 0 aromatic heterocycles. The molecule has 4 amide bonds. The quantitative estimate of drug-likeness (QED) is 0.0730. The van der Waals surface area contributed by atoms with Crippen molar-refractivity contribution < 1.29 is 29.1 Å². The molecule has 0 heterocycles. The van der Waals surface area contributed by atoms with E-state index in [1.54, 1.807) is 13.8 Å². The summed E-state index contributed by atoms with van der Waals surface area (Å²) in [6.07, 6.45) is 0.846. The van der Waals surface area contributed by atoms with Crippen molar-refractivity contribution in [3.63, 3.8) is 0 Å². The van der Waals surface area contributed by atoms with Gasteiger partial charge in [-0.1, -0.05) is 44.2 Å². The second-order valence-corrected chi connectivity index (χ2v) is 9.54. The Labute approximate surface area is 228 Å². The fraction of sp³-hybridized carbons (Fsp3) is 0.538. The molecule has 0 bridgehead atoms. The number of benzene rings is 1. The zero-order valence-corrected chi connectivity index (χ0v) is 22.9. The predicted octanol–water partition coefficient (Wildman–Crippen LogP) is -1.52. The summed E-state index contributed by atoms with van der Waals surface area (Å²) >= 11 is 0. The highest BCUT2D eigenvalue weighted by Gasteiger charge is 2.31. The molecule has 13 heteroatoms. The van der Waals surface area contributed by atoms with Gasteiger partial charge in [0, 0.05) is 13.5 Å². The number of guanidine groups is 1. The topological polar surface area (TPSA) is 218 Å². The minimum absolute atomic E-state index is 0.0933. The third-order valence-electron chi connectivity index (χ3n) is 5.79. The van der Waals surface area contributed by atoms with Gasteiger partial charge in [-0.2, -0.15) is 0 Å². The Kier molecular flexibility index (Phi) is 14.2. The highest BCUT2D eigenvalue weighted by molar-refractivity contribution is 5.95. The Balaban J connectivity index is 2.89. The lowest BCUT2D eigenvalue weighted by molar-refractivity contribution is -0.135. The van der Waals surface area contributed by atoms with Crippen LogP contribution >= 0.6 is 0 Å². The van der Waals surface area contributed by atoms with Crippen LogP contribution < -0.4 is 32.7 Å². The first kappa shape index (κ1) is 33.0. The van der Waals surface area contributed by atoms with Crippen LogP contribution in [0.25, 0.3) is 0 Å². The zero-order valence-electron chi connectivity index (χ0n) is 22.9. The number of aliphatic hydroxyl groups excluding tert-OH is 1. The monoisotopic (exact) mass is 547 g/mol. The van der Waals surface area contributed by atoms with Crippen molar-refractivity contribution in [3.05, 3.63) is 35.9 Å². The van der Waals surface area contributed by atoms with Gasteiger partial charge in [0.05, 0.1) is 12.6 Å². The fourth-order valence-electron chi connectivity index (χ4n) is 3.68. The SMILES string of the molecule is CC(=O)N[C@@H](CCCN=C(N)N)C(=O)NC(C(=O)N[C@@H](CO)C(=O)N[C@@H](Cc1ccccc1)C(C)=O)C(C)C. The van der Waals surface area contributed by atoms with Crippen molar-refractivity contribution in [3.8, 4) is 0 Å². The van der Waals surface area contributed by atoms with E-state index >= 15 is 0 Å². The first-order valence-electron chi connectivity index (χ1n) is 12.7. The molecule has 0 aliphatic heterocycles. The molecule has 1 aromatic rings. The first-order chi connectivity index (χ1) is 18.3. The van der Waals surface area contributed by atoms with Crippen LogP contribution in [0.3, 0.4) is 0 Å². The van der Waals surface area contributed by atoms with Crippen LogP contribution in [0.4, 0.5) is 0 Å². The summed E-state index contributed by atoms with van der Waals surface area (Å²) in [7, 11) is 0. The summed E-state index contributed by atoms with van der Waals surface area (Å²) in [6.45, 7) is 5.50. The molecule has 1 unspecified atom stereocenters. The van der Waals surface area contributed by atoms with E-state index in [0.29, 0.717) is 6.42 Å². The Bertz CT molecular complexity index is 1010. The van der Waals surface area contributed by atoms with Gasteiger partial charge in [0.25, 0.3) is 0 Å². The second kappa shape index (κ2) is 16.8. The number of nitrogens with zero attached hydrogens (tertiary/aromatic N) is 1. The number of amides is 4. The maximum atomic E-state index is 13.1. The van der Waals surface area contributed by atoms with E-state index < -0.39 is 60.3 Å². The lowest BCUT2D eigenvalue weighted by Gasteiger charge is -2.27. The number of Topliss-reactive ketones (excluding diaryl/α,β-unsaturated/α-hetero) is 1. The molecule has 0 saturated carbocycles. The maximum absolute atomic E-state index is 13.1. The van der Waals surface area contributed by atoms with Crippen molar-refractivity contribution >= 4 is 35.4 Å². The first-order valence-corrected chi connectivity index (χ1v) is 12.7. The van der Waals surface area contributed by atoms with Crippen LogP contribution in [0.1, 0.15) is 46.1 Å². The van der Waals surface area contributed by atoms with Gasteiger partial charge in [-0.15, -0.1) is 0 Å². The standard InChI is InChI=1S/C26H41N7O6/c1-15(2)22(33-23(37)19(30-17(4)36)11-8-12-29-26(27)28)25(39)32-21(14-34)24(38)31-20(16(3)35)13-18-9-6-5-7-10-18/h5-7,9-10,15,19-22,34H,8,11-14H2,1-4H3,(H,30,36)(H,31,38)(H,32,39)(H,33,37)(H4,27,28,29)/t19-,20-,21-,22?/m0/s1. The molecule has 0 fully saturated rings. The minimum atomic E-state index is -1.36. The van der Waals surface area contributed by atoms with Crippen LogP contribution in [0, 0.1) is 5.92 Å². The summed E-state index contributed by atoms with van der Waals surface area (Å²) < 4.78 is 0. The van der Waals surface area contributed by atoms with Gasteiger partial charge in [-0.05, 0) is 37.7 Å². The Morgan fingerprint density at radius 1 is 0.846 bits per heavy atom. The van der Waals surface area contributed by atoms with Gasteiger partial charge in [0.1, 0.15) is 18.1 Å². The summed E-state index contributed by atoms with van der Waals surface area (Å²) in [6, 6.07) is 4.84. The molecule has 13 nitrogen and oxygen atoms in total. The van der Waals surface area contributed by atoms with Gasteiger partial charge in [-0.3, -0.25) is 29.0 Å². The van der Waals surface area contributed by atoms with Crippen LogP contribution in [-0.2, 0) is 30.4 Å². The average Bonchev–Trinajstić information content (AvgIpc) is 2.86. The molecule has 0 spiro atoms. The van der Waals surface area contributed by atoms with E-state index in [2.05, 4.69) is 26.3 Å². The molecule has 4 atom stereocenters. The number of ketones is 1. The number of carbonyl (C=O) groups excluding carboxylic acids is 5. The lowest BCUT2D eigenvalue weighted by Crippen LogP contribution is -2.59. The number of nitrogens with one attached hydrogen (secondary N) is 4. The van der Waals surface area contributed by atoms with Gasteiger partial charge >= 0.3 is 0 Å². The number of hydrogen-bond acceptors (Lipinski definition) is 7. The molecule has 1 aromatic carbocycles. The van der Waals surface area contributed by atoms with Crippen LogP contribution in [0.15, 0.2) is 35.3 Å². The molecule has 0 aliphatic carbocycles. The van der Waals surface area contributed by atoms with Crippen molar-refractivity contribution in [2.45, 2.75) is 71.1 Å². The Morgan fingerprint density at radius 3 is 1.95 bits per heavy atom. The largest absolute Gasteiger partial charge is 0.394 e. The van der Waals surface area contributed by atoms with E-state index in [0.717, 1.165) is 5.56 Å². The fourth-order valence-corrected chi connectivity index (χ4v) is 3.68. The van der Waals surface area contributed by atoms with Gasteiger partial charge < -0.3 is 37.8 Å². The molecule has 39 heavy (non-hydrogen) atoms. The number of aliphatic imine (C=N–C) groups is 1. The van der Waals surface area contributed by atoms with E-state index in [4.69, 9.17) is 11.5 Å². The summed E-state index contributed by atoms with van der Waals surface area (Å²) in [5.41, 5.74) is 11.4. The number of carbonyl (C=O) groups is 5. The molecule has 9 N–H and O–H groups in total. The summed E-state index contributed by atoms with van der Waals surface area (Å²) in [4.78, 5) is 66.5. The van der Waals surface area contributed by atoms with Crippen molar-refractivity contribution in [1.29, 1.82) is 0 Å². The highest BCUT2D eigenvalue weighted by atomic mass is 16.3. The third kappa shape index (κ3) is 12.4. The van der Waals surface area contributed by atoms with Gasteiger partial charge in [0.15, 0.2) is 11.7 Å². The summed E-state index contributed by atoms with van der Waals surface area (Å²) in [5, 5.41) is 20.0. The molecule has 0 aliphatic rings. The van der Waals surface area contributed by atoms with Crippen LogP contribution in [-0.4, -0.2) is 77.8 Å². The predicted molar refractivity (Wildman–Crippen MR) is 146 cm³/mol. The van der Waals surface area contributed by atoms with E-state index in [1.165, 1.54) is 13.8 Å². The molecule has 0 radical (unpaired) electrons. The molecule has 1 rings (SSSR count). The Morgan fingerprint density at radius 2 is 1.44 bits per heavy atom. The second-order valence-electron chi connectivity index (χ2n) is 9.54. The molecular weight excluding hydrogens is 506 g/mol. The van der Waals surface area contributed by atoms with Gasteiger partial charge in [0.2, 0.25) is 23.6 Å². The molecule has 0 saturated heterocycles. The lowest BCUT2D eigenvalue weighted by atomic mass is 10.0. The summed E-state index contributed by atoms with van der Waals surface area (Å²) in [5.74, 6) is -3.28. The van der Waals surface area contributed by atoms with E-state index in [9.17, 15) is 29.1 Å². The number of aliphatic hydroxyl groups is 1. The highest BCUT2D eigenvalue weighted by Crippen LogP contribution is 2.07. The number of rotatable bonds is 16. The third-order valence-corrected chi connectivity index (χ3v) is 5.79. The smallest absolute Gasteiger partial charge is 0.245 e. The van der Waals surface area contributed by atoms with Crippen molar-refractivity contribution in [2.75, 3.05) is 13.2 Å². The maximum Gasteiger partial charge on any atom is 0.245 e. The normalized spacial score (nSPS) is 13.8.